The van der Waals surface area contributed by atoms with Crippen molar-refractivity contribution in [3.05, 3.63) is 0 Å². The van der Waals surface area contributed by atoms with Gasteiger partial charge in [-0.3, -0.25) is 14.4 Å². The van der Waals surface area contributed by atoms with Crippen molar-refractivity contribution in [1.82, 2.24) is 21.3 Å². The van der Waals surface area contributed by atoms with Crippen LogP contribution in [0.1, 0.15) is 57.8 Å². The minimum absolute atomic E-state index is 0.0596. The number of rotatable bonds is 23. The van der Waals surface area contributed by atoms with E-state index >= 15 is 0 Å². The molecular weight excluding hydrogens is 514 g/mol. The van der Waals surface area contributed by atoms with Crippen LogP contribution in [0.15, 0.2) is 0 Å². The van der Waals surface area contributed by atoms with Crippen molar-refractivity contribution >= 4 is 35.5 Å². The normalized spacial score (nSPS) is 20.0. The zero-order valence-corrected chi connectivity index (χ0v) is 23.1. The van der Waals surface area contributed by atoms with Crippen LogP contribution in [0, 0.1) is 0 Å². The van der Waals surface area contributed by atoms with E-state index in [1.807, 2.05) is 11.8 Å². The molecule has 6 N–H and O–H groups in total. The van der Waals surface area contributed by atoms with E-state index in [0.717, 1.165) is 31.4 Å². The van der Waals surface area contributed by atoms with Gasteiger partial charge in [-0.25, -0.2) is 4.79 Å². The number of unbranched alkanes of at least 4 members (excludes halogenated alkanes) is 1. The van der Waals surface area contributed by atoms with Crippen molar-refractivity contribution in [3.8, 4) is 0 Å². The lowest BCUT2D eigenvalue weighted by Gasteiger charge is -2.16. The molecule has 3 atom stereocenters. The van der Waals surface area contributed by atoms with E-state index in [9.17, 15) is 19.2 Å². The average molecular weight is 560 g/mol. The third-order valence-electron chi connectivity index (χ3n) is 6.23. The number of carbonyl (C=O) groups is 4. The summed E-state index contributed by atoms with van der Waals surface area (Å²) in [5.74, 6) is 0.561. The summed E-state index contributed by atoms with van der Waals surface area (Å²) in [6.45, 7) is 4.16. The lowest BCUT2D eigenvalue weighted by atomic mass is 10.0. The molecule has 2 heterocycles. The second kappa shape index (κ2) is 19.9. The van der Waals surface area contributed by atoms with Gasteiger partial charge in [-0.1, -0.05) is 6.42 Å². The van der Waals surface area contributed by atoms with Gasteiger partial charge in [-0.05, 0) is 32.1 Å². The molecule has 13 heteroatoms. The smallest absolute Gasteiger partial charge is 0.315 e. The van der Waals surface area contributed by atoms with Gasteiger partial charge in [0.25, 0.3) is 0 Å². The second-order valence-corrected chi connectivity index (χ2v) is 10.7. The Hall–Kier alpha value is -2.09. The number of urea groups is 1. The number of hydrogen-bond acceptors (Lipinski definition) is 8. The standard InChI is InChI=1S/C25H45N5O7S/c26-21(31)7-3-9-23(33)28-11-5-13-36-15-17-37-16-14-35-12-4-10-27-22(32)8-2-1-6-20-24-19(18-38-20)29-25(34)30-24/h19-20,24H,1-18H2,(H2,26,31)(H,27,32)(H,28,33)(H2,29,30,34)/t19-,20-,24-/m0/s1. The molecule has 2 aliphatic rings. The van der Waals surface area contributed by atoms with Crippen LogP contribution in [-0.4, -0.2) is 99.6 Å². The van der Waals surface area contributed by atoms with E-state index in [4.69, 9.17) is 19.9 Å². The largest absolute Gasteiger partial charge is 0.379 e. The van der Waals surface area contributed by atoms with Gasteiger partial charge in [0.05, 0.1) is 38.5 Å². The summed E-state index contributed by atoms with van der Waals surface area (Å²) in [4.78, 5) is 45.6. The first-order valence-corrected chi connectivity index (χ1v) is 14.7. The maximum Gasteiger partial charge on any atom is 0.315 e. The fourth-order valence-electron chi connectivity index (χ4n) is 4.22. The van der Waals surface area contributed by atoms with Gasteiger partial charge < -0.3 is 41.2 Å². The van der Waals surface area contributed by atoms with Crippen LogP contribution in [0.4, 0.5) is 4.79 Å². The zero-order chi connectivity index (χ0) is 27.4. The minimum Gasteiger partial charge on any atom is -0.379 e. The number of nitrogens with two attached hydrogens (primary N) is 1. The van der Waals surface area contributed by atoms with Crippen LogP contribution < -0.4 is 27.0 Å². The van der Waals surface area contributed by atoms with Crippen LogP contribution in [-0.2, 0) is 28.6 Å². The monoisotopic (exact) mass is 559 g/mol. The van der Waals surface area contributed by atoms with Crippen LogP contribution >= 0.6 is 11.8 Å². The van der Waals surface area contributed by atoms with Crippen molar-refractivity contribution in [2.24, 2.45) is 5.73 Å². The summed E-state index contributed by atoms with van der Waals surface area (Å²) in [6, 6.07) is 0.419. The molecule has 2 fully saturated rings. The molecule has 0 aliphatic carbocycles. The summed E-state index contributed by atoms with van der Waals surface area (Å²) in [6.07, 6.45) is 5.85. The Balaban J connectivity index is 1.25. The first-order valence-electron chi connectivity index (χ1n) is 13.7. The molecule has 218 valence electrons. The number of fused-ring (bicyclic) bond motifs is 1. The molecule has 5 amide bonds. The summed E-state index contributed by atoms with van der Waals surface area (Å²) in [5, 5.41) is 12.1. The Morgan fingerprint density at radius 2 is 1.37 bits per heavy atom. The number of primary amides is 1. The van der Waals surface area contributed by atoms with Crippen molar-refractivity contribution in [3.63, 3.8) is 0 Å². The van der Waals surface area contributed by atoms with E-state index in [1.54, 1.807) is 0 Å². The molecule has 2 aliphatic heterocycles. The summed E-state index contributed by atoms with van der Waals surface area (Å²) >= 11 is 1.90. The Labute approximate surface area is 229 Å². The van der Waals surface area contributed by atoms with E-state index in [-0.39, 0.29) is 36.3 Å². The Bertz CT molecular complexity index is 730. The lowest BCUT2D eigenvalue weighted by Crippen LogP contribution is -2.36. The summed E-state index contributed by atoms with van der Waals surface area (Å²) in [7, 11) is 0. The van der Waals surface area contributed by atoms with Crippen molar-refractivity contribution in [1.29, 1.82) is 0 Å². The highest BCUT2D eigenvalue weighted by Crippen LogP contribution is 2.33. The molecule has 0 bridgehead atoms. The topological polar surface area (TPSA) is 170 Å². The molecule has 12 nitrogen and oxygen atoms in total. The van der Waals surface area contributed by atoms with Gasteiger partial charge >= 0.3 is 6.03 Å². The molecule has 0 spiro atoms. The molecule has 0 aromatic carbocycles. The Morgan fingerprint density at radius 3 is 1.97 bits per heavy atom. The first kappa shape index (κ1) is 32.1. The Morgan fingerprint density at radius 1 is 0.789 bits per heavy atom. The molecule has 0 unspecified atom stereocenters. The maximum absolute atomic E-state index is 12.0. The van der Waals surface area contributed by atoms with E-state index < -0.39 is 5.91 Å². The molecule has 0 radical (unpaired) electrons. The van der Waals surface area contributed by atoms with Crippen LogP contribution in [0.3, 0.4) is 0 Å². The number of nitrogens with one attached hydrogen (secondary N) is 4. The third-order valence-corrected chi connectivity index (χ3v) is 7.74. The van der Waals surface area contributed by atoms with E-state index in [0.29, 0.717) is 83.7 Å². The zero-order valence-electron chi connectivity index (χ0n) is 22.3. The SMILES string of the molecule is NC(=O)CCCC(=O)NCCCOCCOCCOCCCNC(=O)CCCC[C@@H]1SC[C@@H]2NC(=O)N[C@@H]21. The molecule has 2 saturated heterocycles. The van der Waals surface area contributed by atoms with Gasteiger partial charge in [0, 0.05) is 56.6 Å². The van der Waals surface area contributed by atoms with Crippen molar-refractivity contribution in [2.45, 2.75) is 75.1 Å². The highest BCUT2D eigenvalue weighted by molar-refractivity contribution is 8.00. The molecule has 0 aromatic heterocycles. The van der Waals surface area contributed by atoms with Crippen molar-refractivity contribution in [2.75, 3.05) is 58.5 Å². The average Bonchev–Trinajstić information content (AvgIpc) is 3.43. The Kier molecular flexibility index (Phi) is 16.8. The van der Waals surface area contributed by atoms with Gasteiger partial charge in [0.2, 0.25) is 17.7 Å². The highest BCUT2D eigenvalue weighted by atomic mass is 32.2. The van der Waals surface area contributed by atoms with Crippen LogP contribution in [0.5, 0.6) is 0 Å². The fraction of sp³-hybridized carbons (Fsp3) is 0.840. The summed E-state index contributed by atoms with van der Waals surface area (Å²) in [5.41, 5.74) is 5.03. The van der Waals surface area contributed by atoms with E-state index in [1.165, 1.54) is 0 Å². The first-order chi connectivity index (χ1) is 18.5. The van der Waals surface area contributed by atoms with Gasteiger partial charge in [-0.15, -0.1) is 0 Å². The number of carbonyl (C=O) groups excluding carboxylic acids is 4. The number of ether oxygens (including phenoxy) is 3. The predicted molar refractivity (Wildman–Crippen MR) is 145 cm³/mol. The third kappa shape index (κ3) is 14.7. The lowest BCUT2D eigenvalue weighted by molar-refractivity contribution is -0.122. The number of hydrogen-bond donors (Lipinski definition) is 5. The highest BCUT2D eigenvalue weighted by Gasteiger charge is 2.42. The molecule has 2 rings (SSSR count). The van der Waals surface area contributed by atoms with E-state index in [2.05, 4.69) is 21.3 Å². The predicted octanol–water partition coefficient (Wildman–Crippen LogP) is 0.430. The van der Waals surface area contributed by atoms with Crippen LogP contribution in [0.2, 0.25) is 0 Å². The summed E-state index contributed by atoms with van der Waals surface area (Å²) < 4.78 is 16.4. The van der Waals surface area contributed by atoms with Gasteiger partial charge in [0.15, 0.2) is 0 Å². The van der Waals surface area contributed by atoms with Crippen LogP contribution in [0.25, 0.3) is 0 Å². The van der Waals surface area contributed by atoms with Crippen molar-refractivity contribution < 1.29 is 33.4 Å². The fourth-order valence-corrected chi connectivity index (χ4v) is 5.76. The second-order valence-electron chi connectivity index (χ2n) is 9.43. The number of thioether (sulfide) groups is 1. The molecule has 38 heavy (non-hydrogen) atoms. The molecule has 0 aromatic rings. The molecular formula is C25H45N5O7S. The minimum atomic E-state index is -0.392. The van der Waals surface area contributed by atoms with Gasteiger partial charge in [0.1, 0.15) is 0 Å². The number of amides is 5. The molecule has 0 saturated carbocycles. The quantitative estimate of drug-likeness (QED) is 0.0886. The maximum atomic E-state index is 12.0. The van der Waals surface area contributed by atoms with Gasteiger partial charge in [-0.2, -0.15) is 11.8 Å².